The van der Waals surface area contributed by atoms with E-state index >= 15 is 0 Å². The third-order valence-corrected chi connectivity index (χ3v) is 3.82. The zero-order chi connectivity index (χ0) is 17.5. The number of benzene rings is 2. The number of nitrogens with zero attached hydrogens (tertiary/aromatic N) is 1. The van der Waals surface area contributed by atoms with Gasteiger partial charge < -0.3 is 14.8 Å². The van der Waals surface area contributed by atoms with Gasteiger partial charge in [0, 0.05) is 25.7 Å². The quantitative estimate of drug-likeness (QED) is 0.849. The molecule has 1 saturated heterocycles. The van der Waals surface area contributed by atoms with Gasteiger partial charge in [-0.1, -0.05) is 30.3 Å². The highest BCUT2D eigenvalue weighted by Gasteiger charge is 2.15. The Kier molecular flexibility index (Phi) is 5.69. The zero-order valence-corrected chi connectivity index (χ0v) is 14.3. The van der Waals surface area contributed by atoms with E-state index in [9.17, 15) is 4.79 Å². The van der Waals surface area contributed by atoms with Gasteiger partial charge in [0.2, 0.25) is 5.91 Å². The average molecular weight is 338 g/mol. The highest BCUT2D eigenvalue weighted by molar-refractivity contribution is 5.88. The van der Waals surface area contributed by atoms with E-state index in [4.69, 9.17) is 9.47 Å². The van der Waals surface area contributed by atoms with Crippen LogP contribution in [-0.2, 0) is 16.1 Å². The predicted molar refractivity (Wildman–Crippen MR) is 97.1 cm³/mol. The van der Waals surface area contributed by atoms with Crippen molar-refractivity contribution in [1.82, 2.24) is 4.90 Å². The van der Waals surface area contributed by atoms with E-state index in [1.807, 2.05) is 18.2 Å². The van der Waals surface area contributed by atoms with Crippen molar-refractivity contribution in [3.05, 3.63) is 72.2 Å². The van der Waals surface area contributed by atoms with Crippen LogP contribution in [0.15, 0.2) is 66.6 Å². The molecule has 0 aliphatic carbocycles. The molecule has 0 spiro atoms. The largest absolute Gasteiger partial charge is 0.492 e. The van der Waals surface area contributed by atoms with Crippen LogP contribution in [0.3, 0.4) is 0 Å². The fourth-order valence-electron chi connectivity index (χ4n) is 2.65. The van der Waals surface area contributed by atoms with Gasteiger partial charge in [-0.05, 0) is 29.8 Å². The summed E-state index contributed by atoms with van der Waals surface area (Å²) in [5, 5.41) is 2.73. The van der Waals surface area contributed by atoms with Gasteiger partial charge in [-0.3, -0.25) is 9.69 Å². The number of anilines is 1. The van der Waals surface area contributed by atoms with E-state index in [0.29, 0.717) is 12.4 Å². The Bertz CT molecular complexity index is 726. The molecule has 0 atom stereocenters. The predicted octanol–water partition coefficient (Wildman–Crippen LogP) is 3.40. The summed E-state index contributed by atoms with van der Waals surface area (Å²) in [4.78, 5) is 13.3. The first-order valence-electron chi connectivity index (χ1n) is 8.31. The minimum Gasteiger partial charge on any atom is -0.492 e. The summed E-state index contributed by atoms with van der Waals surface area (Å²) in [5.74, 6) is 1.42. The van der Waals surface area contributed by atoms with Gasteiger partial charge in [0.15, 0.2) is 0 Å². The molecule has 1 N–H and O–H groups in total. The zero-order valence-electron chi connectivity index (χ0n) is 14.3. The molecule has 3 rings (SSSR count). The van der Waals surface area contributed by atoms with E-state index in [2.05, 4.69) is 34.5 Å². The third kappa shape index (κ3) is 5.36. The van der Waals surface area contributed by atoms with E-state index in [0.717, 1.165) is 31.1 Å². The van der Waals surface area contributed by atoms with Gasteiger partial charge >= 0.3 is 0 Å². The maximum absolute atomic E-state index is 11.0. The van der Waals surface area contributed by atoms with Crippen molar-refractivity contribution in [2.24, 2.45) is 0 Å². The molecule has 0 unspecified atom stereocenters. The normalized spacial score (nSPS) is 16.3. The standard InChI is InChI=1S/C20H22N2O3/c1-16(23)21-18-7-9-19(10-8-18)25-15-20-14-22(11-12-24-20)13-17-5-3-2-4-6-17/h2-10,15H,11-14H2,1H3,(H,21,23). The smallest absolute Gasteiger partial charge is 0.221 e. The van der Waals surface area contributed by atoms with Crippen molar-refractivity contribution in [2.45, 2.75) is 13.5 Å². The van der Waals surface area contributed by atoms with Crippen LogP contribution in [-0.4, -0.2) is 30.5 Å². The first-order chi connectivity index (χ1) is 12.2. The second-order valence-electron chi connectivity index (χ2n) is 5.95. The second kappa shape index (κ2) is 8.35. The molecule has 0 bridgehead atoms. The molecule has 1 aliphatic heterocycles. The Hall–Kier alpha value is -2.79. The molecule has 0 aromatic heterocycles. The minimum atomic E-state index is -0.0927. The van der Waals surface area contributed by atoms with E-state index in [1.54, 1.807) is 18.4 Å². The molecule has 1 fully saturated rings. The molecule has 2 aromatic rings. The molecule has 1 amide bonds. The average Bonchev–Trinajstić information content (AvgIpc) is 2.62. The molecule has 5 heteroatoms. The Balaban J connectivity index is 1.55. The molecular formula is C20H22N2O3. The summed E-state index contributed by atoms with van der Waals surface area (Å²) in [5.41, 5.74) is 2.04. The van der Waals surface area contributed by atoms with Crippen LogP contribution in [0.25, 0.3) is 0 Å². The lowest BCUT2D eigenvalue weighted by Gasteiger charge is -2.28. The fourth-order valence-corrected chi connectivity index (χ4v) is 2.65. The first-order valence-corrected chi connectivity index (χ1v) is 8.31. The fraction of sp³-hybridized carbons (Fsp3) is 0.250. The van der Waals surface area contributed by atoms with Gasteiger partial charge in [0.1, 0.15) is 24.4 Å². The van der Waals surface area contributed by atoms with Gasteiger partial charge in [-0.15, -0.1) is 0 Å². The Morgan fingerprint density at radius 3 is 2.68 bits per heavy atom. The summed E-state index contributed by atoms with van der Waals surface area (Å²) in [6, 6.07) is 17.6. The number of carbonyl (C=O) groups is 1. The second-order valence-corrected chi connectivity index (χ2v) is 5.95. The summed E-state index contributed by atoms with van der Waals surface area (Å²) < 4.78 is 11.4. The van der Waals surface area contributed by atoms with Crippen LogP contribution in [0, 0.1) is 0 Å². The lowest BCUT2D eigenvalue weighted by atomic mass is 10.2. The van der Waals surface area contributed by atoms with Crippen LogP contribution in [0.4, 0.5) is 5.69 Å². The van der Waals surface area contributed by atoms with Gasteiger partial charge in [0.05, 0.1) is 6.54 Å². The van der Waals surface area contributed by atoms with Gasteiger partial charge in [-0.25, -0.2) is 0 Å². The number of amides is 1. The van der Waals surface area contributed by atoms with Crippen LogP contribution >= 0.6 is 0 Å². The van der Waals surface area contributed by atoms with Crippen molar-refractivity contribution in [3.8, 4) is 5.75 Å². The van der Waals surface area contributed by atoms with Gasteiger partial charge in [-0.2, -0.15) is 0 Å². The Labute approximate surface area is 147 Å². The van der Waals surface area contributed by atoms with Crippen molar-refractivity contribution < 1.29 is 14.3 Å². The summed E-state index contributed by atoms with van der Waals surface area (Å²) in [7, 11) is 0. The maximum atomic E-state index is 11.0. The Morgan fingerprint density at radius 2 is 1.96 bits per heavy atom. The van der Waals surface area contributed by atoms with Crippen molar-refractivity contribution in [2.75, 3.05) is 25.0 Å². The highest BCUT2D eigenvalue weighted by Crippen LogP contribution is 2.18. The summed E-state index contributed by atoms with van der Waals surface area (Å²) >= 11 is 0. The third-order valence-electron chi connectivity index (χ3n) is 3.82. The topological polar surface area (TPSA) is 50.8 Å². The highest BCUT2D eigenvalue weighted by atomic mass is 16.5. The number of hydrogen-bond acceptors (Lipinski definition) is 4. The first kappa shape index (κ1) is 17.0. The SMILES string of the molecule is CC(=O)Nc1ccc(OC=C2CN(Cc3ccccc3)CCO2)cc1. The van der Waals surface area contributed by atoms with Crippen LogP contribution < -0.4 is 10.1 Å². The van der Waals surface area contributed by atoms with E-state index in [-0.39, 0.29) is 5.91 Å². The van der Waals surface area contributed by atoms with Crippen molar-refractivity contribution >= 4 is 11.6 Å². The number of rotatable bonds is 5. The number of morpholine rings is 1. The molecule has 2 aromatic carbocycles. The molecule has 0 saturated carbocycles. The molecule has 1 aliphatic rings. The lowest BCUT2D eigenvalue weighted by Crippen LogP contribution is -2.34. The van der Waals surface area contributed by atoms with E-state index < -0.39 is 0 Å². The molecule has 130 valence electrons. The summed E-state index contributed by atoms with van der Waals surface area (Å²) in [6.07, 6.45) is 1.66. The van der Waals surface area contributed by atoms with Crippen molar-refractivity contribution in [3.63, 3.8) is 0 Å². The molecule has 5 nitrogen and oxygen atoms in total. The van der Waals surface area contributed by atoms with E-state index in [1.165, 1.54) is 12.5 Å². The lowest BCUT2D eigenvalue weighted by molar-refractivity contribution is -0.114. The van der Waals surface area contributed by atoms with Crippen LogP contribution in [0.2, 0.25) is 0 Å². The number of nitrogens with one attached hydrogen (secondary N) is 1. The number of ether oxygens (including phenoxy) is 2. The van der Waals surface area contributed by atoms with Crippen LogP contribution in [0.5, 0.6) is 5.75 Å². The molecule has 25 heavy (non-hydrogen) atoms. The van der Waals surface area contributed by atoms with Crippen molar-refractivity contribution in [1.29, 1.82) is 0 Å². The minimum absolute atomic E-state index is 0.0927. The molecular weight excluding hydrogens is 316 g/mol. The number of hydrogen-bond donors (Lipinski definition) is 1. The van der Waals surface area contributed by atoms with Crippen LogP contribution in [0.1, 0.15) is 12.5 Å². The molecule has 0 radical (unpaired) electrons. The number of carbonyl (C=O) groups excluding carboxylic acids is 1. The summed E-state index contributed by atoms with van der Waals surface area (Å²) in [6.45, 7) is 4.66. The Morgan fingerprint density at radius 1 is 1.20 bits per heavy atom. The van der Waals surface area contributed by atoms with Gasteiger partial charge in [0.25, 0.3) is 0 Å². The maximum Gasteiger partial charge on any atom is 0.221 e. The monoisotopic (exact) mass is 338 g/mol. The molecule has 1 heterocycles.